The number of hydrogen-bond donors (Lipinski definition) is 0. The highest BCUT2D eigenvalue weighted by molar-refractivity contribution is 7.13. The summed E-state index contributed by atoms with van der Waals surface area (Å²) in [5.74, 6) is 1.38. The lowest BCUT2D eigenvalue weighted by molar-refractivity contribution is 0.192. The number of hydrogen-bond acceptors (Lipinski definition) is 6. The summed E-state index contributed by atoms with van der Waals surface area (Å²) >= 11 is 1.63. The molecule has 1 saturated heterocycles. The Morgan fingerprint density at radius 3 is 3.18 bits per heavy atom. The first kappa shape index (κ1) is 13.7. The first-order chi connectivity index (χ1) is 10.9. The van der Waals surface area contributed by atoms with Gasteiger partial charge in [0.2, 0.25) is 11.7 Å². The van der Waals surface area contributed by atoms with Gasteiger partial charge in [0.1, 0.15) is 0 Å². The molecule has 0 spiro atoms. The van der Waals surface area contributed by atoms with E-state index in [0.717, 1.165) is 18.0 Å². The van der Waals surface area contributed by atoms with Crippen LogP contribution in [0.4, 0.5) is 0 Å². The number of thiophene rings is 1. The summed E-state index contributed by atoms with van der Waals surface area (Å²) < 4.78 is 7.41. The monoisotopic (exact) mass is 315 g/mol. The van der Waals surface area contributed by atoms with Gasteiger partial charge in [-0.2, -0.15) is 10.1 Å². The second kappa shape index (κ2) is 6.02. The molecule has 0 saturated carbocycles. The van der Waals surface area contributed by atoms with Crippen molar-refractivity contribution in [3.63, 3.8) is 0 Å². The highest BCUT2D eigenvalue weighted by Crippen LogP contribution is 2.24. The number of rotatable bonds is 5. The number of likely N-dealkylation sites (tertiary alicyclic amines) is 1. The highest BCUT2D eigenvalue weighted by Gasteiger charge is 2.26. The largest absolute Gasteiger partial charge is 0.338 e. The maximum atomic E-state index is 5.42. The average molecular weight is 315 g/mol. The Labute approximate surface area is 132 Å². The summed E-state index contributed by atoms with van der Waals surface area (Å²) in [6, 6.07) is 6.45. The smallest absolute Gasteiger partial charge is 0.241 e. The Hall–Kier alpha value is -1.99. The van der Waals surface area contributed by atoms with E-state index in [1.807, 2.05) is 40.7 Å². The minimum atomic E-state index is 0.483. The van der Waals surface area contributed by atoms with Gasteiger partial charge in [0.25, 0.3) is 0 Å². The van der Waals surface area contributed by atoms with Gasteiger partial charge in [0, 0.05) is 18.4 Å². The molecule has 114 valence electrons. The lowest BCUT2D eigenvalue weighted by atomic mass is 10.2. The van der Waals surface area contributed by atoms with Crippen molar-refractivity contribution in [3.8, 4) is 10.7 Å². The zero-order valence-electron chi connectivity index (χ0n) is 12.1. The van der Waals surface area contributed by atoms with E-state index in [-0.39, 0.29) is 0 Å². The van der Waals surface area contributed by atoms with Crippen LogP contribution in [0.5, 0.6) is 0 Å². The predicted octanol–water partition coefficient (Wildman–Crippen LogP) is 2.66. The van der Waals surface area contributed by atoms with Crippen LogP contribution in [-0.4, -0.2) is 37.4 Å². The fraction of sp³-hybridized carbons (Fsp3) is 0.400. The van der Waals surface area contributed by atoms with Crippen LogP contribution in [0.25, 0.3) is 10.7 Å². The molecule has 4 rings (SSSR count). The first-order valence-electron chi connectivity index (χ1n) is 7.46. The summed E-state index contributed by atoms with van der Waals surface area (Å²) in [5.41, 5.74) is 0. The van der Waals surface area contributed by atoms with Gasteiger partial charge < -0.3 is 4.52 Å². The third-order valence-electron chi connectivity index (χ3n) is 4.00. The van der Waals surface area contributed by atoms with Crippen molar-refractivity contribution in [1.29, 1.82) is 0 Å². The van der Waals surface area contributed by atoms with E-state index in [4.69, 9.17) is 4.52 Å². The minimum absolute atomic E-state index is 0.483. The SMILES string of the molecule is c1csc(-c2noc(CN3CCC[C@@H]3Cn3cccn3)n2)c1. The van der Waals surface area contributed by atoms with E-state index in [0.29, 0.717) is 24.3 Å². The maximum absolute atomic E-state index is 5.42. The summed E-state index contributed by atoms with van der Waals surface area (Å²) in [7, 11) is 0. The lowest BCUT2D eigenvalue weighted by Gasteiger charge is -2.22. The Morgan fingerprint density at radius 1 is 1.36 bits per heavy atom. The van der Waals surface area contributed by atoms with Crippen LogP contribution in [0.2, 0.25) is 0 Å². The van der Waals surface area contributed by atoms with Crippen LogP contribution in [-0.2, 0) is 13.1 Å². The van der Waals surface area contributed by atoms with Gasteiger partial charge >= 0.3 is 0 Å². The van der Waals surface area contributed by atoms with E-state index in [1.165, 1.54) is 12.8 Å². The van der Waals surface area contributed by atoms with Crippen LogP contribution < -0.4 is 0 Å². The molecular formula is C15H17N5OS. The molecule has 0 aromatic carbocycles. The van der Waals surface area contributed by atoms with Crippen LogP contribution in [0, 0.1) is 0 Å². The predicted molar refractivity (Wildman–Crippen MR) is 83.3 cm³/mol. The minimum Gasteiger partial charge on any atom is -0.338 e. The van der Waals surface area contributed by atoms with E-state index >= 15 is 0 Å². The van der Waals surface area contributed by atoms with E-state index < -0.39 is 0 Å². The summed E-state index contributed by atoms with van der Waals surface area (Å²) in [6.45, 7) is 2.70. The van der Waals surface area contributed by atoms with Gasteiger partial charge in [-0.3, -0.25) is 9.58 Å². The normalized spacial score (nSPS) is 19.0. The molecule has 4 heterocycles. The second-order valence-electron chi connectivity index (χ2n) is 5.48. The molecule has 3 aromatic heterocycles. The van der Waals surface area contributed by atoms with Gasteiger partial charge in [0.05, 0.1) is 18.0 Å². The molecule has 0 bridgehead atoms. The van der Waals surface area contributed by atoms with Crippen LogP contribution >= 0.6 is 11.3 Å². The number of nitrogens with zero attached hydrogens (tertiary/aromatic N) is 5. The standard InChI is InChI=1S/C15H17N5OS/c1-4-12(10-20-8-3-6-16-20)19(7-1)11-14-17-15(18-21-14)13-5-2-9-22-13/h2-3,5-6,8-9,12H,1,4,7,10-11H2/t12-/m1/s1. The van der Waals surface area contributed by atoms with E-state index in [2.05, 4.69) is 20.1 Å². The van der Waals surface area contributed by atoms with Crippen molar-refractivity contribution in [2.24, 2.45) is 0 Å². The zero-order chi connectivity index (χ0) is 14.8. The summed E-state index contributed by atoms with van der Waals surface area (Å²) in [6.07, 6.45) is 6.23. The molecule has 1 aliphatic rings. The fourth-order valence-corrected chi connectivity index (χ4v) is 3.58. The third-order valence-corrected chi connectivity index (χ3v) is 4.87. The summed E-state index contributed by atoms with van der Waals surface area (Å²) in [5, 5.41) is 10.4. The quantitative estimate of drug-likeness (QED) is 0.724. The molecule has 0 aliphatic carbocycles. The number of aromatic nitrogens is 4. The zero-order valence-corrected chi connectivity index (χ0v) is 12.9. The van der Waals surface area contributed by atoms with Crippen molar-refractivity contribution >= 4 is 11.3 Å². The first-order valence-corrected chi connectivity index (χ1v) is 8.34. The molecule has 0 unspecified atom stereocenters. The van der Waals surface area contributed by atoms with E-state index in [9.17, 15) is 0 Å². The van der Waals surface area contributed by atoms with Crippen molar-refractivity contribution in [3.05, 3.63) is 41.9 Å². The highest BCUT2D eigenvalue weighted by atomic mass is 32.1. The van der Waals surface area contributed by atoms with Gasteiger partial charge in [-0.1, -0.05) is 11.2 Å². The molecule has 3 aromatic rings. The van der Waals surface area contributed by atoms with Crippen molar-refractivity contribution in [1.82, 2.24) is 24.8 Å². The van der Waals surface area contributed by atoms with Crippen LogP contribution in [0.15, 0.2) is 40.5 Å². The molecule has 0 radical (unpaired) electrons. The Balaban J connectivity index is 1.44. The molecule has 1 fully saturated rings. The van der Waals surface area contributed by atoms with Crippen molar-refractivity contribution in [2.45, 2.75) is 32.0 Å². The van der Waals surface area contributed by atoms with E-state index in [1.54, 1.807) is 11.3 Å². The summed E-state index contributed by atoms with van der Waals surface area (Å²) in [4.78, 5) is 7.97. The Morgan fingerprint density at radius 2 is 2.36 bits per heavy atom. The van der Waals surface area contributed by atoms with Crippen molar-refractivity contribution < 1.29 is 4.52 Å². The third kappa shape index (κ3) is 2.82. The van der Waals surface area contributed by atoms with Gasteiger partial charge in [-0.25, -0.2) is 0 Å². The molecule has 6 nitrogen and oxygen atoms in total. The topological polar surface area (TPSA) is 60.0 Å². The molecule has 1 atom stereocenters. The molecule has 22 heavy (non-hydrogen) atoms. The van der Waals surface area contributed by atoms with Crippen molar-refractivity contribution in [2.75, 3.05) is 6.54 Å². The second-order valence-corrected chi connectivity index (χ2v) is 6.43. The molecule has 1 aliphatic heterocycles. The fourth-order valence-electron chi connectivity index (χ4n) is 2.93. The van der Waals surface area contributed by atoms with Crippen LogP contribution in [0.1, 0.15) is 18.7 Å². The molecular weight excluding hydrogens is 298 g/mol. The lowest BCUT2D eigenvalue weighted by Crippen LogP contribution is -2.32. The average Bonchev–Trinajstić information content (AvgIpc) is 3.28. The molecule has 0 amide bonds. The van der Waals surface area contributed by atoms with Gasteiger partial charge in [-0.15, -0.1) is 11.3 Å². The van der Waals surface area contributed by atoms with Gasteiger partial charge in [-0.05, 0) is 36.9 Å². The Bertz CT molecular complexity index is 706. The molecule has 7 heteroatoms. The maximum Gasteiger partial charge on any atom is 0.241 e. The van der Waals surface area contributed by atoms with Crippen LogP contribution in [0.3, 0.4) is 0 Å². The Kier molecular flexibility index (Phi) is 3.74. The van der Waals surface area contributed by atoms with Gasteiger partial charge in [0.15, 0.2) is 0 Å². The molecule has 0 N–H and O–H groups in total.